The summed E-state index contributed by atoms with van der Waals surface area (Å²) in [5.41, 5.74) is 5.41. The van der Waals surface area contributed by atoms with E-state index in [2.05, 4.69) is 16.0 Å². The lowest BCUT2D eigenvalue weighted by molar-refractivity contribution is -0.141. The molecule has 0 aromatic carbocycles. The third kappa shape index (κ3) is 9.24. The van der Waals surface area contributed by atoms with Crippen LogP contribution in [0.5, 0.6) is 0 Å². The number of nitrogens with two attached hydrogens (primary N) is 1. The third-order valence-corrected chi connectivity index (χ3v) is 3.88. The van der Waals surface area contributed by atoms with E-state index in [1.807, 2.05) is 0 Å². The Labute approximate surface area is 148 Å². The molecule has 0 heterocycles. The van der Waals surface area contributed by atoms with Crippen LogP contribution in [0.1, 0.15) is 13.8 Å². The molecule has 0 fully saturated rings. The van der Waals surface area contributed by atoms with E-state index in [0.717, 1.165) is 11.8 Å². The van der Waals surface area contributed by atoms with Gasteiger partial charge in [-0.1, -0.05) is 0 Å². The van der Waals surface area contributed by atoms with Crippen LogP contribution >= 0.6 is 11.8 Å². The Morgan fingerprint density at radius 3 is 2.12 bits per heavy atom. The normalized spacial score (nSPS) is 15.4. The molecule has 0 unspecified atom stereocenters. The van der Waals surface area contributed by atoms with Gasteiger partial charge in [-0.2, -0.15) is 0 Å². The molecule has 8 N–H and O–H groups in total. The molecule has 0 radical (unpaired) electrons. The lowest BCUT2D eigenvalue weighted by Crippen LogP contribution is -2.57. The average molecular weight is 380 g/mol. The van der Waals surface area contributed by atoms with Crippen molar-refractivity contribution in [1.29, 1.82) is 0 Å². The summed E-state index contributed by atoms with van der Waals surface area (Å²) in [5.74, 6) is -3.25. The van der Waals surface area contributed by atoms with Gasteiger partial charge in [0.15, 0.2) is 0 Å². The highest BCUT2D eigenvalue weighted by atomic mass is 32.2. The van der Waals surface area contributed by atoms with Gasteiger partial charge in [0.05, 0.1) is 18.6 Å². The first kappa shape index (κ1) is 23.1. The fourth-order valence-corrected chi connectivity index (χ4v) is 2.34. The second-order valence-electron chi connectivity index (χ2n) is 5.16. The molecule has 12 heteroatoms. The zero-order chi connectivity index (χ0) is 19.6. The number of nitrogens with one attached hydrogen (secondary N) is 3. The summed E-state index contributed by atoms with van der Waals surface area (Å²) in [4.78, 5) is 45.6. The second kappa shape index (κ2) is 11.6. The van der Waals surface area contributed by atoms with Crippen molar-refractivity contribution in [2.45, 2.75) is 38.1 Å². The first-order valence-electron chi connectivity index (χ1n) is 7.30. The standard InChI is InChI=1S/C13H24N4O7S/c1-6(19)10(14)12(22)16-8(3-18)11(21)17-9(13(23)24)4-25-5-15-7(2)20/h6,8-10,18-19H,3-5,14H2,1-2H3,(H,15,20)(H,16,22)(H,17,21)(H,23,24)/t6-,8+,9+,10+/m1/s1. The molecule has 0 bridgehead atoms. The Morgan fingerprint density at radius 2 is 1.68 bits per heavy atom. The van der Waals surface area contributed by atoms with E-state index in [0.29, 0.717) is 0 Å². The van der Waals surface area contributed by atoms with Gasteiger partial charge in [0, 0.05) is 12.7 Å². The summed E-state index contributed by atoms with van der Waals surface area (Å²) in [6, 6.07) is -4.01. The number of carbonyl (C=O) groups is 4. The number of thioether (sulfide) groups is 1. The number of aliphatic hydroxyl groups is 2. The van der Waals surface area contributed by atoms with Gasteiger partial charge in [-0.15, -0.1) is 11.8 Å². The Balaban J connectivity index is 4.65. The molecule has 0 saturated heterocycles. The van der Waals surface area contributed by atoms with Gasteiger partial charge in [0.2, 0.25) is 17.7 Å². The molecule has 25 heavy (non-hydrogen) atoms. The number of carboxylic acid groups (broad SMARTS) is 1. The average Bonchev–Trinajstić information content (AvgIpc) is 2.53. The van der Waals surface area contributed by atoms with Crippen LogP contribution in [0.15, 0.2) is 0 Å². The molecule has 4 atom stereocenters. The molecule has 0 aromatic heterocycles. The minimum atomic E-state index is -1.42. The molecule has 0 aromatic rings. The molecule has 144 valence electrons. The minimum absolute atomic E-state index is 0.0410. The highest BCUT2D eigenvalue weighted by Crippen LogP contribution is 2.02. The molecule has 0 aliphatic heterocycles. The van der Waals surface area contributed by atoms with E-state index < -0.39 is 48.6 Å². The van der Waals surface area contributed by atoms with E-state index in [1.54, 1.807) is 0 Å². The molecular formula is C13H24N4O7S. The van der Waals surface area contributed by atoms with Crippen LogP contribution in [0.2, 0.25) is 0 Å². The zero-order valence-corrected chi connectivity index (χ0v) is 14.7. The van der Waals surface area contributed by atoms with Gasteiger partial charge in [-0.25, -0.2) is 4.79 Å². The Kier molecular flexibility index (Phi) is 10.7. The van der Waals surface area contributed by atoms with E-state index in [-0.39, 0.29) is 17.5 Å². The number of aliphatic hydroxyl groups excluding tert-OH is 2. The SMILES string of the molecule is CC(=O)NCSC[C@H](NC(=O)[C@H](CO)NC(=O)[C@@H](N)[C@@H](C)O)C(=O)O. The van der Waals surface area contributed by atoms with Crippen LogP contribution < -0.4 is 21.7 Å². The van der Waals surface area contributed by atoms with Crippen LogP contribution in [-0.2, 0) is 19.2 Å². The number of carbonyl (C=O) groups excluding carboxylic acids is 3. The largest absolute Gasteiger partial charge is 0.480 e. The van der Waals surface area contributed by atoms with Crippen molar-refractivity contribution < 1.29 is 34.5 Å². The summed E-state index contributed by atoms with van der Waals surface area (Å²) >= 11 is 1.07. The summed E-state index contributed by atoms with van der Waals surface area (Å²) in [6.45, 7) is 1.81. The molecular weight excluding hydrogens is 356 g/mol. The van der Waals surface area contributed by atoms with E-state index >= 15 is 0 Å². The quantitative estimate of drug-likeness (QED) is 0.141. The molecule has 0 aliphatic carbocycles. The maximum Gasteiger partial charge on any atom is 0.327 e. The van der Waals surface area contributed by atoms with Crippen molar-refractivity contribution in [3.8, 4) is 0 Å². The van der Waals surface area contributed by atoms with Crippen LogP contribution in [0.3, 0.4) is 0 Å². The van der Waals surface area contributed by atoms with Gasteiger partial charge < -0.3 is 37.0 Å². The van der Waals surface area contributed by atoms with E-state index in [4.69, 9.17) is 10.8 Å². The molecule has 0 rings (SSSR count). The van der Waals surface area contributed by atoms with Crippen molar-refractivity contribution >= 4 is 35.5 Å². The monoisotopic (exact) mass is 380 g/mol. The number of rotatable bonds is 11. The zero-order valence-electron chi connectivity index (χ0n) is 13.9. The lowest BCUT2D eigenvalue weighted by atomic mass is 10.1. The van der Waals surface area contributed by atoms with Gasteiger partial charge in [0.1, 0.15) is 18.1 Å². The summed E-state index contributed by atoms with van der Waals surface area (Å²) in [6.07, 6.45) is -1.17. The van der Waals surface area contributed by atoms with Gasteiger partial charge in [-0.05, 0) is 6.92 Å². The van der Waals surface area contributed by atoms with Crippen LogP contribution in [0, 0.1) is 0 Å². The van der Waals surface area contributed by atoms with Crippen LogP contribution in [0.4, 0.5) is 0 Å². The van der Waals surface area contributed by atoms with Crippen molar-refractivity contribution in [3.05, 3.63) is 0 Å². The number of hydrogen-bond donors (Lipinski definition) is 7. The Hall–Kier alpha value is -1.89. The molecule has 0 saturated carbocycles. The number of aliphatic carboxylic acids is 1. The number of hydrogen-bond acceptors (Lipinski definition) is 8. The van der Waals surface area contributed by atoms with Gasteiger partial charge >= 0.3 is 5.97 Å². The topological polar surface area (TPSA) is 191 Å². The lowest BCUT2D eigenvalue weighted by Gasteiger charge is -2.22. The van der Waals surface area contributed by atoms with Crippen molar-refractivity contribution in [3.63, 3.8) is 0 Å². The van der Waals surface area contributed by atoms with E-state index in [9.17, 15) is 29.4 Å². The predicted octanol–water partition coefficient (Wildman–Crippen LogP) is -3.43. The first-order chi connectivity index (χ1) is 11.6. The Morgan fingerprint density at radius 1 is 1.12 bits per heavy atom. The molecule has 11 nitrogen and oxygen atoms in total. The number of carboxylic acids is 1. The second-order valence-corrected chi connectivity index (χ2v) is 6.19. The summed E-state index contributed by atoms with van der Waals surface area (Å²) in [7, 11) is 0. The Bertz CT molecular complexity index is 489. The fourth-order valence-electron chi connectivity index (χ4n) is 1.46. The molecule has 3 amide bonds. The molecule has 0 aliphatic rings. The fraction of sp³-hybridized carbons (Fsp3) is 0.692. The van der Waals surface area contributed by atoms with Crippen molar-refractivity contribution in [2.75, 3.05) is 18.2 Å². The summed E-state index contributed by atoms with van der Waals surface area (Å²) in [5, 5.41) is 34.3. The highest BCUT2D eigenvalue weighted by molar-refractivity contribution is 7.99. The van der Waals surface area contributed by atoms with Crippen LogP contribution in [-0.4, -0.2) is 81.5 Å². The maximum absolute atomic E-state index is 12.0. The molecule has 0 spiro atoms. The highest BCUT2D eigenvalue weighted by Gasteiger charge is 2.28. The van der Waals surface area contributed by atoms with Gasteiger partial charge in [-0.3, -0.25) is 14.4 Å². The van der Waals surface area contributed by atoms with E-state index in [1.165, 1.54) is 13.8 Å². The van der Waals surface area contributed by atoms with Crippen LogP contribution in [0.25, 0.3) is 0 Å². The van der Waals surface area contributed by atoms with Gasteiger partial charge in [0.25, 0.3) is 0 Å². The summed E-state index contributed by atoms with van der Waals surface area (Å²) < 4.78 is 0. The number of amides is 3. The predicted molar refractivity (Wildman–Crippen MR) is 89.4 cm³/mol. The first-order valence-corrected chi connectivity index (χ1v) is 8.45. The van der Waals surface area contributed by atoms with Crippen molar-refractivity contribution in [1.82, 2.24) is 16.0 Å². The minimum Gasteiger partial charge on any atom is -0.480 e. The smallest absolute Gasteiger partial charge is 0.327 e. The van der Waals surface area contributed by atoms with Crippen molar-refractivity contribution in [2.24, 2.45) is 5.73 Å². The maximum atomic E-state index is 12.0. The third-order valence-electron chi connectivity index (χ3n) is 2.96.